The average Bonchev–Trinajstić information content (AvgIpc) is 2.25. The number of hydrogen-bond acceptors (Lipinski definition) is 5. The van der Waals surface area contributed by atoms with Crippen LogP contribution in [0.15, 0.2) is 23.6 Å². The molecule has 0 saturated carbocycles. The fourth-order valence-corrected chi connectivity index (χ4v) is 1.86. The van der Waals surface area contributed by atoms with E-state index in [1.165, 1.54) is 11.8 Å². The Morgan fingerprint density at radius 2 is 2.27 bits per heavy atom. The Morgan fingerprint density at radius 3 is 2.80 bits per heavy atom. The van der Waals surface area contributed by atoms with Gasteiger partial charge in [0.15, 0.2) is 5.16 Å². The normalized spacial score (nSPS) is 12.3. The lowest BCUT2D eigenvalue weighted by Gasteiger charge is -2.10. The molecule has 1 heterocycles. The number of nitrogens with one attached hydrogen (secondary N) is 1. The molecule has 1 atom stereocenters. The summed E-state index contributed by atoms with van der Waals surface area (Å²) in [5.41, 5.74) is 5.18. The molecule has 0 aliphatic rings. The highest BCUT2D eigenvalue weighted by Crippen LogP contribution is 2.12. The van der Waals surface area contributed by atoms with Crippen LogP contribution in [0.2, 0.25) is 0 Å². The highest BCUT2D eigenvalue weighted by Gasteiger charge is 2.11. The number of nitrogens with two attached hydrogens (primary N) is 1. The molecule has 3 N–H and O–H groups in total. The molecule has 82 valence electrons. The molecule has 0 spiro atoms. The van der Waals surface area contributed by atoms with Gasteiger partial charge >= 0.3 is 0 Å². The van der Waals surface area contributed by atoms with Crippen LogP contribution in [0.3, 0.4) is 0 Å². The first-order valence-corrected chi connectivity index (χ1v) is 5.59. The van der Waals surface area contributed by atoms with E-state index < -0.39 is 0 Å². The number of thioether (sulfide) groups is 1. The smallest absolute Gasteiger partial charge is 0.234 e. The zero-order valence-corrected chi connectivity index (χ0v) is 9.33. The average molecular weight is 226 g/mol. The van der Waals surface area contributed by atoms with Gasteiger partial charge in [-0.15, -0.1) is 0 Å². The maximum absolute atomic E-state index is 10.9. The predicted octanol–water partition coefficient (Wildman–Crippen LogP) is 0.0321. The Bertz CT molecular complexity index is 306. The van der Waals surface area contributed by atoms with Gasteiger partial charge in [0.2, 0.25) is 5.91 Å². The molecule has 1 unspecified atom stereocenters. The predicted molar refractivity (Wildman–Crippen MR) is 59.4 cm³/mol. The van der Waals surface area contributed by atoms with E-state index in [0.29, 0.717) is 6.42 Å². The first-order valence-electron chi connectivity index (χ1n) is 4.60. The van der Waals surface area contributed by atoms with Gasteiger partial charge in [0, 0.05) is 18.1 Å². The second-order valence-corrected chi connectivity index (χ2v) is 3.97. The van der Waals surface area contributed by atoms with Crippen molar-refractivity contribution in [2.45, 2.75) is 17.6 Å². The summed E-state index contributed by atoms with van der Waals surface area (Å²) < 4.78 is 0. The Hall–Kier alpha value is -1.14. The zero-order chi connectivity index (χ0) is 11.1. The zero-order valence-electron chi connectivity index (χ0n) is 8.51. The first-order chi connectivity index (χ1) is 7.24. The fraction of sp³-hybridized carbons (Fsp3) is 0.444. The maximum atomic E-state index is 10.9. The summed E-state index contributed by atoms with van der Waals surface area (Å²) in [6.45, 7) is 0. The van der Waals surface area contributed by atoms with Crippen LogP contribution < -0.4 is 11.1 Å². The summed E-state index contributed by atoms with van der Waals surface area (Å²) >= 11 is 1.51. The molecule has 0 bridgehead atoms. The minimum atomic E-state index is -0.327. The number of primary amides is 1. The summed E-state index contributed by atoms with van der Waals surface area (Å²) in [5.74, 6) is 0.436. The van der Waals surface area contributed by atoms with Crippen molar-refractivity contribution >= 4 is 17.7 Å². The number of nitrogens with zero attached hydrogens (tertiary/aromatic N) is 2. The number of carbonyl (C=O) groups excluding carboxylic acids is 1. The van der Waals surface area contributed by atoms with Crippen LogP contribution >= 0.6 is 11.8 Å². The highest BCUT2D eigenvalue weighted by atomic mass is 32.2. The number of hydrogen-bond donors (Lipinski definition) is 2. The molecule has 1 rings (SSSR count). The molecule has 0 aliphatic heterocycles. The van der Waals surface area contributed by atoms with E-state index in [9.17, 15) is 4.79 Å². The molecule has 5 nitrogen and oxygen atoms in total. The Morgan fingerprint density at radius 1 is 1.60 bits per heavy atom. The van der Waals surface area contributed by atoms with Gasteiger partial charge in [-0.3, -0.25) is 4.79 Å². The molecule has 1 aromatic rings. The molecule has 0 aromatic carbocycles. The van der Waals surface area contributed by atoms with Gasteiger partial charge in [0.1, 0.15) is 0 Å². The third-order valence-corrected chi connectivity index (χ3v) is 2.78. The molecule has 6 heteroatoms. The van der Waals surface area contributed by atoms with Crippen molar-refractivity contribution < 1.29 is 4.79 Å². The van der Waals surface area contributed by atoms with E-state index in [-0.39, 0.29) is 11.9 Å². The summed E-state index contributed by atoms with van der Waals surface area (Å²) in [4.78, 5) is 19.0. The quantitative estimate of drug-likeness (QED) is 0.528. The van der Waals surface area contributed by atoms with Crippen LogP contribution in [0, 0.1) is 0 Å². The second kappa shape index (κ2) is 6.36. The van der Waals surface area contributed by atoms with Crippen molar-refractivity contribution in [1.82, 2.24) is 15.3 Å². The van der Waals surface area contributed by atoms with E-state index in [1.807, 2.05) is 0 Å². The number of rotatable bonds is 6. The maximum Gasteiger partial charge on any atom is 0.234 e. The van der Waals surface area contributed by atoms with Gasteiger partial charge < -0.3 is 11.1 Å². The van der Waals surface area contributed by atoms with E-state index in [4.69, 9.17) is 5.73 Å². The molecule has 0 saturated heterocycles. The molecule has 0 radical (unpaired) electrons. The first kappa shape index (κ1) is 11.9. The summed E-state index contributed by atoms with van der Waals surface area (Å²) in [6.07, 6.45) is 4.06. The van der Waals surface area contributed by atoms with E-state index in [0.717, 1.165) is 10.9 Å². The lowest BCUT2D eigenvalue weighted by Crippen LogP contribution is -2.39. The second-order valence-electron chi connectivity index (χ2n) is 2.91. The van der Waals surface area contributed by atoms with Crippen molar-refractivity contribution in [2.75, 3.05) is 12.8 Å². The van der Waals surface area contributed by atoms with Crippen molar-refractivity contribution in [2.24, 2.45) is 5.73 Å². The largest absolute Gasteiger partial charge is 0.368 e. The SMILES string of the molecule is CNC(CCSc1ncccn1)C(N)=O. The fourth-order valence-electron chi connectivity index (χ4n) is 1.06. The lowest BCUT2D eigenvalue weighted by atomic mass is 10.2. The number of amides is 1. The topological polar surface area (TPSA) is 80.9 Å². The minimum absolute atomic E-state index is 0.277. The summed E-state index contributed by atoms with van der Waals surface area (Å²) in [7, 11) is 1.72. The van der Waals surface area contributed by atoms with Crippen LogP contribution in [0.1, 0.15) is 6.42 Å². The van der Waals surface area contributed by atoms with Crippen LogP contribution in [0.4, 0.5) is 0 Å². The Kier molecular flexibility index (Phi) is 5.06. The molecule has 0 aliphatic carbocycles. The van der Waals surface area contributed by atoms with Gasteiger partial charge in [-0.2, -0.15) is 0 Å². The van der Waals surface area contributed by atoms with Gasteiger partial charge in [0.05, 0.1) is 6.04 Å². The summed E-state index contributed by atoms with van der Waals surface area (Å²) in [6, 6.07) is 1.49. The standard InChI is InChI=1S/C9H14N4OS/c1-11-7(8(10)14)3-6-15-9-12-4-2-5-13-9/h2,4-5,7,11H,3,6H2,1H3,(H2,10,14). The number of likely N-dealkylation sites (N-methyl/N-ethyl adjacent to an activating group) is 1. The van der Waals surface area contributed by atoms with Crippen molar-refractivity contribution in [1.29, 1.82) is 0 Å². The third kappa shape index (κ3) is 4.26. The molecule has 15 heavy (non-hydrogen) atoms. The van der Waals surface area contributed by atoms with E-state index in [1.54, 1.807) is 25.5 Å². The lowest BCUT2D eigenvalue weighted by molar-refractivity contribution is -0.119. The monoisotopic (exact) mass is 226 g/mol. The molecular formula is C9H14N4OS. The highest BCUT2D eigenvalue weighted by molar-refractivity contribution is 7.99. The van der Waals surface area contributed by atoms with Crippen LogP contribution in [-0.4, -0.2) is 34.7 Å². The van der Waals surface area contributed by atoms with Crippen LogP contribution in [0.5, 0.6) is 0 Å². The van der Waals surface area contributed by atoms with Crippen molar-refractivity contribution in [3.63, 3.8) is 0 Å². The molecular weight excluding hydrogens is 212 g/mol. The molecule has 1 amide bonds. The minimum Gasteiger partial charge on any atom is -0.368 e. The van der Waals surface area contributed by atoms with Gasteiger partial charge in [0.25, 0.3) is 0 Å². The van der Waals surface area contributed by atoms with Gasteiger partial charge in [-0.25, -0.2) is 9.97 Å². The Labute approximate surface area is 92.9 Å². The van der Waals surface area contributed by atoms with Crippen molar-refractivity contribution in [3.8, 4) is 0 Å². The van der Waals surface area contributed by atoms with Gasteiger partial charge in [-0.1, -0.05) is 11.8 Å². The van der Waals surface area contributed by atoms with Crippen LogP contribution in [-0.2, 0) is 4.79 Å². The van der Waals surface area contributed by atoms with Crippen LogP contribution in [0.25, 0.3) is 0 Å². The third-order valence-electron chi connectivity index (χ3n) is 1.87. The Balaban J connectivity index is 2.30. The van der Waals surface area contributed by atoms with E-state index in [2.05, 4.69) is 15.3 Å². The van der Waals surface area contributed by atoms with Gasteiger partial charge in [-0.05, 0) is 19.5 Å². The molecule has 0 fully saturated rings. The number of carbonyl (C=O) groups is 1. The summed E-state index contributed by atoms with van der Waals surface area (Å²) in [5, 5.41) is 3.58. The van der Waals surface area contributed by atoms with E-state index >= 15 is 0 Å². The van der Waals surface area contributed by atoms with Crippen molar-refractivity contribution in [3.05, 3.63) is 18.5 Å². The molecule has 1 aromatic heterocycles. The number of aromatic nitrogens is 2.